The summed E-state index contributed by atoms with van der Waals surface area (Å²) < 4.78 is 17.6. The summed E-state index contributed by atoms with van der Waals surface area (Å²) in [5.74, 6) is -3.41. The fourth-order valence-corrected chi connectivity index (χ4v) is 1.13. The molecule has 0 radical (unpaired) electrons. The van der Waals surface area contributed by atoms with Crippen LogP contribution in [0, 0.1) is 5.82 Å². The Bertz CT molecular complexity index is 465. The summed E-state index contributed by atoms with van der Waals surface area (Å²) >= 11 is 0. The van der Waals surface area contributed by atoms with Crippen molar-refractivity contribution in [2.24, 2.45) is 0 Å². The summed E-state index contributed by atoms with van der Waals surface area (Å²) in [6, 6.07) is 5.37. The number of hydrogen-bond acceptors (Lipinski definition) is 4. The van der Waals surface area contributed by atoms with Crippen LogP contribution in [0.1, 0.15) is 12.5 Å². The van der Waals surface area contributed by atoms with Crippen LogP contribution in [0.25, 0.3) is 5.76 Å². The Kier molecular flexibility index (Phi) is 4.39. The summed E-state index contributed by atoms with van der Waals surface area (Å²) in [5, 5.41) is 9.48. The van der Waals surface area contributed by atoms with Gasteiger partial charge < -0.3 is 9.84 Å². The Morgan fingerprint density at radius 1 is 1.41 bits per heavy atom. The van der Waals surface area contributed by atoms with E-state index in [-0.39, 0.29) is 12.2 Å². The van der Waals surface area contributed by atoms with Crippen LogP contribution in [0.15, 0.2) is 30.3 Å². The molecule has 1 aromatic carbocycles. The number of ether oxygens (including phenoxy) is 1. The van der Waals surface area contributed by atoms with Gasteiger partial charge in [0.15, 0.2) is 0 Å². The van der Waals surface area contributed by atoms with E-state index >= 15 is 0 Å². The molecule has 0 atom stereocenters. The lowest BCUT2D eigenvalue weighted by molar-refractivity contribution is -0.151. The standard InChI is InChI=1S/C12H11FO4/c1-2-17-12(16)11(15)7-10(14)8-5-3-4-6-9(8)13/h3-7,14H,2H2,1H3/b10-7-. The van der Waals surface area contributed by atoms with Gasteiger partial charge in [0, 0.05) is 6.08 Å². The smallest absolute Gasteiger partial charge is 0.379 e. The fraction of sp³-hybridized carbons (Fsp3) is 0.167. The van der Waals surface area contributed by atoms with Crippen molar-refractivity contribution < 1.29 is 23.8 Å². The van der Waals surface area contributed by atoms with Crippen LogP contribution in [-0.4, -0.2) is 23.5 Å². The first-order chi connectivity index (χ1) is 8.06. The van der Waals surface area contributed by atoms with E-state index in [9.17, 15) is 19.1 Å². The van der Waals surface area contributed by atoms with E-state index in [4.69, 9.17) is 0 Å². The number of ketones is 1. The minimum Gasteiger partial charge on any atom is -0.507 e. The van der Waals surface area contributed by atoms with E-state index in [0.29, 0.717) is 6.08 Å². The van der Waals surface area contributed by atoms with E-state index in [1.165, 1.54) is 18.2 Å². The predicted octanol–water partition coefficient (Wildman–Crippen LogP) is 1.86. The summed E-state index contributed by atoms with van der Waals surface area (Å²) in [7, 11) is 0. The number of esters is 1. The number of aliphatic hydroxyl groups is 1. The molecule has 1 aromatic rings. The van der Waals surface area contributed by atoms with Gasteiger partial charge in [-0.05, 0) is 19.1 Å². The molecule has 0 aromatic heterocycles. The molecule has 0 bridgehead atoms. The molecule has 0 heterocycles. The Hall–Kier alpha value is -2.17. The van der Waals surface area contributed by atoms with Gasteiger partial charge in [-0.2, -0.15) is 0 Å². The molecule has 17 heavy (non-hydrogen) atoms. The molecule has 0 spiro atoms. The van der Waals surface area contributed by atoms with Gasteiger partial charge in [-0.25, -0.2) is 9.18 Å². The van der Waals surface area contributed by atoms with Crippen molar-refractivity contribution in [1.29, 1.82) is 0 Å². The van der Waals surface area contributed by atoms with Crippen molar-refractivity contribution in [3.05, 3.63) is 41.7 Å². The maximum Gasteiger partial charge on any atom is 0.379 e. The Morgan fingerprint density at radius 3 is 2.65 bits per heavy atom. The van der Waals surface area contributed by atoms with Crippen molar-refractivity contribution in [3.8, 4) is 0 Å². The van der Waals surface area contributed by atoms with Crippen molar-refractivity contribution in [3.63, 3.8) is 0 Å². The van der Waals surface area contributed by atoms with Crippen LogP contribution in [0.3, 0.4) is 0 Å². The van der Waals surface area contributed by atoms with Crippen LogP contribution in [0.5, 0.6) is 0 Å². The summed E-state index contributed by atoms with van der Waals surface area (Å²) in [6.45, 7) is 1.60. The van der Waals surface area contributed by atoms with Crippen molar-refractivity contribution >= 4 is 17.5 Å². The first-order valence-corrected chi connectivity index (χ1v) is 4.93. The molecule has 4 nitrogen and oxygen atoms in total. The van der Waals surface area contributed by atoms with Crippen molar-refractivity contribution in [1.82, 2.24) is 0 Å². The van der Waals surface area contributed by atoms with Crippen molar-refractivity contribution in [2.75, 3.05) is 6.61 Å². The molecule has 90 valence electrons. The summed E-state index contributed by atoms with van der Waals surface area (Å²) in [5.41, 5.74) is -0.148. The zero-order valence-electron chi connectivity index (χ0n) is 9.14. The van der Waals surface area contributed by atoms with Crippen LogP contribution in [0.4, 0.5) is 4.39 Å². The van der Waals surface area contributed by atoms with E-state index in [1.54, 1.807) is 6.92 Å². The second kappa shape index (κ2) is 5.79. The van der Waals surface area contributed by atoms with E-state index in [1.807, 2.05) is 0 Å². The average Bonchev–Trinajstić information content (AvgIpc) is 2.29. The quantitative estimate of drug-likeness (QED) is 0.376. The lowest BCUT2D eigenvalue weighted by atomic mass is 10.1. The lowest BCUT2D eigenvalue weighted by Crippen LogP contribution is -2.15. The highest BCUT2D eigenvalue weighted by atomic mass is 19.1. The highest BCUT2D eigenvalue weighted by molar-refractivity contribution is 6.39. The molecule has 0 saturated carbocycles. The van der Waals surface area contributed by atoms with E-state index < -0.39 is 23.3 Å². The molecule has 5 heteroatoms. The molecule has 0 unspecified atom stereocenters. The number of rotatable bonds is 4. The monoisotopic (exact) mass is 238 g/mol. The normalized spacial score (nSPS) is 11.1. The van der Waals surface area contributed by atoms with Gasteiger partial charge in [0.25, 0.3) is 5.78 Å². The van der Waals surface area contributed by atoms with E-state index in [0.717, 1.165) is 6.07 Å². The summed E-state index contributed by atoms with van der Waals surface area (Å²) in [4.78, 5) is 22.2. The number of carbonyl (C=O) groups excluding carboxylic acids is 2. The van der Waals surface area contributed by atoms with Gasteiger partial charge in [0.1, 0.15) is 11.6 Å². The highest BCUT2D eigenvalue weighted by Gasteiger charge is 2.15. The Balaban J connectivity index is 2.90. The largest absolute Gasteiger partial charge is 0.507 e. The zero-order chi connectivity index (χ0) is 12.8. The second-order valence-corrected chi connectivity index (χ2v) is 3.09. The molecular formula is C12H11FO4. The Morgan fingerprint density at radius 2 is 2.06 bits per heavy atom. The minimum atomic E-state index is -1.09. The van der Waals surface area contributed by atoms with Crippen LogP contribution in [-0.2, 0) is 14.3 Å². The molecule has 0 fully saturated rings. The molecular weight excluding hydrogens is 227 g/mol. The van der Waals surface area contributed by atoms with Gasteiger partial charge in [-0.3, -0.25) is 4.79 Å². The molecule has 0 aliphatic rings. The predicted molar refractivity (Wildman–Crippen MR) is 58.6 cm³/mol. The third-order valence-electron chi connectivity index (χ3n) is 1.89. The number of halogens is 1. The topological polar surface area (TPSA) is 63.6 Å². The third kappa shape index (κ3) is 3.41. The minimum absolute atomic E-state index is 0.0544. The average molecular weight is 238 g/mol. The van der Waals surface area contributed by atoms with Crippen LogP contribution >= 0.6 is 0 Å². The first-order valence-electron chi connectivity index (χ1n) is 4.93. The molecule has 0 aliphatic carbocycles. The van der Waals surface area contributed by atoms with Gasteiger partial charge in [0.2, 0.25) is 0 Å². The molecule has 0 aliphatic heterocycles. The number of hydrogen-bond donors (Lipinski definition) is 1. The second-order valence-electron chi connectivity index (χ2n) is 3.09. The highest BCUT2D eigenvalue weighted by Crippen LogP contribution is 2.15. The van der Waals surface area contributed by atoms with Gasteiger partial charge in [-0.15, -0.1) is 0 Å². The first kappa shape index (κ1) is 12.9. The lowest BCUT2D eigenvalue weighted by Gasteiger charge is -2.01. The van der Waals surface area contributed by atoms with Gasteiger partial charge >= 0.3 is 5.97 Å². The molecule has 0 saturated heterocycles. The summed E-state index contributed by atoms with van der Waals surface area (Å²) in [6.07, 6.45) is 0.635. The number of aliphatic hydroxyl groups excluding tert-OH is 1. The van der Waals surface area contributed by atoms with Gasteiger partial charge in [0.05, 0.1) is 12.2 Å². The van der Waals surface area contributed by atoms with E-state index in [2.05, 4.69) is 4.74 Å². The third-order valence-corrected chi connectivity index (χ3v) is 1.89. The molecule has 1 rings (SSSR count). The van der Waals surface area contributed by atoms with Gasteiger partial charge in [-0.1, -0.05) is 12.1 Å². The number of benzene rings is 1. The maximum absolute atomic E-state index is 13.2. The van der Waals surface area contributed by atoms with Crippen LogP contribution < -0.4 is 0 Å². The van der Waals surface area contributed by atoms with Crippen LogP contribution in [0.2, 0.25) is 0 Å². The molecule has 0 amide bonds. The fourth-order valence-electron chi connectivity index (χ4n) is 1.13. The number of carbonyl (C=O) groups is 2. The molecule has 1 N–H and O–H groups in total. The SMILES string of the molecule is CCOC(=O)C(=O)/C=C(\O)c1ccccc1F. The maximum atomic E-state index is 13.2. The Labute approximate surface area is 97.3 Å². The zero-order valence-corrected chi connectivity index (χ0v) is 9.14. The van der Waals surface area contributed by atoms with Crippen molar-refractivity contribution in [2.45, 2.75) is 6.92 Å².